The third kappa shape index (κ3) is 7.87. The number of amides is 1. The van der Waals surface area contributed by atoms with Gasteiger partial charge in [-0.25, -0.2) is 9.59 Å². The van der Waals surface area contributed by atoms with E-state index in [0.717, 1.165) is 6.07 Å². The van der Waals surface area contributed by atoms with Crippen molar-refractivity contribution in [1.29, 1.82) is 0 Å². The molecule has 0 aromatic heterocycles. The summed E-state index contributed by atoms with van der Waals surface area (Å²) < 4.78 is 125. The molecule has 37 heavy (non-hydrogen) atoms. The van der Waals surface area contributed by atoms with E-state index >= 15 is 0 Å². The molecule has 1 aromatic rings. The van der Waals surface area contributed by atoms with Crippen molar-refractivity contribution in [2.45, 2.75) is 50.1 Å². The maximum absolute atomic E-state index is 13.4. The van der Waals surface area contributed by atoms with Gasteiger partial charge in [-0.15, -0.1) is 0 Å². The van der Waals surface area contributed by atoms with Gasteiger partial charge in [0.1, 0.15) is 11.8 Å². The molecular weight excluding hydrogens is 529 g/mol. The Labute approximate surface area is 204 Å². The number of hydrogen-bond donors (Lipinski definition) is 1. The Kier molecular flexibility index (Phi) is 8.51. The minimum absolute atomic E-state index is 0.0742. The van der Waals surface area contributed by atoms with E-state index in [1.54, 1.807) is 0 Å². The summed E-state index contributed by atoms with van der Waals surface area (Å²) in [5.74, 6) is -1.05. The number of benzene rings is 1. The Hall–Kier alpha value is -2.75. The molecule has 208 valence electrons. The van der Waals surface area contributed by atoms with E-state index in [4.69, 9.17) is 4.74 Å². The molecule has 3 rings (SSSR count). The largest absolute Gasteiger partial charge is 0.434 e. The zero-order valence-corrected chi connectivity index (χ0v) is 19.0. The summed E-state index contributed by atoms with van der Waals surface area (Å²) >= 11 is 0. The lowest BCUT2D eigenvalue weighted by molar-refractivity contribution is -0.308. The average molecular weight is 551 g/mol. The van der Waals surface area contributed by atoms with Crippen molar-refractivity contribution in [1.82, 2.24) is 15.1 Å². The summed E-state index contributed by atoms with van der Waals surface area (Å²) in [6.45, 7) is -0.345. The molecule has 1 N–H and O–H groups in total. The van der Waals surface area contributed by atoms with E-state index in [9.17, 15) is 49.1 Å². The van der Waals surface area contributed by atoms with Gasteiger partial charge in [0, 0.05) is 32.7 Å². The zero-order chi connectivity index (χ0) is 27.6. The highest BCUT2D eigenvalue weighted by Gasteiger charge is 2.60. The number of hydrogen-bond acceptors (Lipinski definition) is 6. The zero-order valence-electron chi connectivity index (χ0n) is 19.0. The van der Waals surface area contributed by atoms with Crippen LogP contribution < -0.4 is 10.1 Å². The SMILES string of the molecule is O=C(Oc1cc(CN2CCN(C(=O)OC(C(F)(F)F)C(F)(F)F)CC2)cc(C(F)(F)F)c1)[C@@H]1CCCN1. The first-order valence-corrected chi connectivity index (χ1v) is 11.0. The highest BCUT2D eigenvalue weighted by Crippen LogP contribution is 2.36. The van der Waals surface area contributed by atoms with Crippen LogP contribution >= 0.6 is 0 Å². The van der Waals surface area contributed by atoms with E-state index in [1.807, 2.05) is 0 Å². The number of rotatable bonds is 5. The van der Waals surface area contributed by atoms with Crippen molar-refractivity contribution in [2.24, 2.45) is 0 Å². The summed E-state index contributed by atoms with van der Waals surface area (Å²) in [6.07, 6.45) is -21.4. The van der Waals surface area contributed by atoms with E-state index in [1.165, 1.54) is 11.0 Å². The molecule has 0 radical (unpaired) electrons. The van der Waals surface area contributed by atoms with Gasteiger partial charge >= 0.3 is 30.6 Å². The van der Waals surface area contributed by atoms with Crippen molar-refractivity contribution in [3.05, 3.63) is 29.3 Å². The van der Waals surface area contributed by atoms with Gasteiger partial charge in [-0.1, -0.05) is 0 Å². The van der Waals surface area contributed by atoms with Crippen LogP contribution in [-0.4, -0.2) is 79.1 Å². The number of nitrogens with one attached hydrogen (secondary N) is 1. The first-order chi connectivity index (χ1) is 17.0. The van der Waals surface area contributed by atoms with Crippen LogP contribution in [0.2, 0.25) is 0 Å². The molecule has 1 amide bonds. The van der Waals surface area contributed by atoms with Crippen LogP contribution in [0.3, 0.4) is 0 Å². The molecule has 1 aromatic carbocycles. The number of nitrogens with zero attached hydrogens (tertiary/aromatic N) is 2. The number of ether oxygens (including phenoxy) is 2. The maximum atomic E-state index is 13.4. The minimum Gasteiger partial charge on any atom is -0.426 e. The quantitative estimate of drug-likeness (QED) is 0.338. The number of piperazine rings is 1. The van der Waals surface area contributed by atoms with Gasteiger partial charge in [0.15, 0.2) is 0 Å². The third-order valence-corrected chi connectivity index (χ3v) is 5.71. The van der Waals surface area contributed by atoms with Crippen molar-refractivity contribution >= 4 is 12.1 Å². The second-order valence-electron chi connectivity index (χ2n) is 8.54. The summed E-state index contributed by atoms with van der Waals surface area (Å²) in [6, 6.07) is 2.12. The normalized spacial score (nSPS) is 19.8. The molecule has 2 fully saturated rings. The molecule has 0 spiro atoms. The van der Waals surface area contributed by atoms with Gasteiger partial charge in [0.25, 0.3) is 6.10 Å². The monoisotopic (exact) mass is 551 g/mol. The smallest absolute Gasteiger partial charge is 0.426 e. The molecule has 2 aliphatic rings. The lowest BCUT2D eigenvalue weighted by Gasteiger charge is -2.35. The fourth-order valence-corrected chi connectivity index (χ4v) is 3.89. The predicted molar refractivity (Wildman–Crippen MR) is 107 cm³/mol. The first kappa shape index (κ1) is 28.8. The van der Waals surface area contributed by atoms with Gasteiger partial charge in [-0.05, 0) is 43.1 Å². The number of carbonyl (C=O) groups excluding carboxylic acids is 2. The number of halogens is 9. The molecule has 0 saturated carbocycles. The topological polar surface area (TPSA) is 71.1 Å². The van der Waals surface area contributed by atoms with Crippen LogP contribution in [-0.2, 0) is 22.3 Å². The second kappa shape index (κ2) is 10.9. The first-order valence-electron chi connectivity index (χ1n) is 11.0. The Morgan fingerprint density at radius 2 is 1.57 bits per heavy atom. The molecule has 2 heterocycles. The van der Waals surface area contributed by atoms with Gasteiger partial charge in [0.05, 0.1) is 5.56 Å². The molecule has 7 nitrogen and oxygen atoms in total. The van der Waals surface area contributed by atoms with Crippen LogP contribution in [0.15, 0.2) is 18.2 Å². The predicted octanol–water partition coefficient (Wildman–Crippen LogP) is 4.11. The summed E-state index contributed by atoms with van der Waals surface area (Å²) in [7, 11) is 0. The molecule has 0 unspecified atom stereocenters. The van der Waals surface area contributed by atoms with E-state index < -0.39 is 48.3 Å². The summed E-state index contributed by atoms with van der Waals surface area (Å²) in [4.78, 5) is 26.3. The molecule has 0 bridgehead atoms. The molecule has 0 aliphatic carbocycles. The maximum Gasteiger partial charge on any atom is 0.434 e. The fraction of sp³-hybridized carbons (Fsp3) is 0.619. The van der Waals surface area contributed by atoms with Crippen LogP contribution in [0, 0.1) is 0 Å². The number of esters is 1. The van der Waals surface area contributed by atoms with E-state index in [0.29, 0.717) is 30.4 Å². The Morgan fingerprint density at radius 1 is 0.946 bits per heavy atom. The average Bonchev–Trinajstić information content (AvgIpc) is 3.31. The van der Waals surface area contributed by atoms with Crippen molar-refractivity contribution in [3.63, 3.8) is 0 Å². The van der Waals surface area contributed by atoms with Gasteiger partial charge in [-0.3, -0.25) is 4.90 Å². The minimum atomic E-state index is -5.85. The van der Waals surface area contributed by atoms with E-state index in [-0.39, 0.29) is 44.0 Å². The lowest BCUT2D eigenvalue weighted by atomic mass is 10.1. The van der Waals surface area contributed by atoms with Gasteiger partial charge in [-0.2, -0.15) is 39.5 Å². The second-order valence-corrected chi connectivity index (χ2v) is 8.54. The standard InChI is InChI=1S/C21H22F9N3O4/c22-19(23,24)13-8-12(9-14(10-13)36-16(34)15-2-1-3-31-15)11-32-4-6-33(7-5-32)18(35)37-17(20(25,26)27)21(28,29)30/h8-10,15,17,31H,1-7,11H2/t15-/m0/s1. The molecular formula is C21H22F9N3O4. The highest BCUT2D eigenvalue weighted by molar-refractivity contribution is 5.78. The molecule has 16 heteroatoms. The fourth-order valence-electron chi connectivity index (χ4n) is 3.89. The number of carbonyl (C=O) groups is 2. The lowest BCUT2D eigenvalue weighted by Crippen LogP contribution is -2.52. The van der Waals surface area contributed by atoms with Crippen molar-refractivity contribution in [3.8, 4) is 5.75 Å². The Bertz CT molecular complexity index is 953. The van der Waals surface area contributed by atoms with Crippen LogP contribution in [0.25, 0.3) is 0 Å². The van der Waals surface area contributed by atoms with Gasteiger partial charge < -0.3 is 19.7 Å². The van der Waals surface area contributed by atoms with Crippen molar-refractivity contribution < 1.29 is 58.6 Å². The van der Waals surface area contributed by atoms with Gasteiger partial charge in [0.2, 0.25) is 0 Å². The number of alkyl halides is 9. The highest BCUT2D eigenvalue weighted by atomic mass is 19.4. The van der Waals surface area contributed by atoms with Crippen LogP contribution in [0.5, 0.6) is 5.75 Å². The van der Waals surface area contributed by atoms with Crippen LogP contribution in [0.4, 0.5) is 44.3 Å². The van der Waals surface area contributed by atoms with Crippen LogP contribution in [0.1, 0.15) is 24.0 Å². The van der Waals surface area contributed by atoms with E-state index in [2.05, 4.69) is 10.1 Å². The molecule has 1 atom stereocenters. The Balaban J connectivity index is 1.64. The van der Waals surface area contributed by atoms with Crippen molar-refractivity contribution in [2.75, 3.05) is 32.7 Å². The molecule has 2 saturated heterocycles. The third-order valence-electron chi connectivity index (χ3n) is 5.71. The summed E-state index contributed by atoms with van der Waals surface area (Å²) in [5, 5.41) is 2.87. The Morgan fingerprint density at radius 3 is 2.08 bits per heavy atom. The summed E-state index contributed by atoms with van der Waals surface area (Å²) in [5.41, 5.74) is -0.970. The molecule has 2 aliphatic heterocycles.